The van der Waals surface area contributed by atoms with Crippen molar-refractivity contribution < 1.29 is 24.2 Å². The molecule has 3 rings (SSSR count). The number of aliphatic hydroxyl groups is 1. The Morgan fingerprint density at radius 2 is 1.56 bits per heavy atom. The fraction of sp³-hybridized carbons (Fsp3) is 0.579. The van der Waals surface area contributed by atoms with Crippen molar-refractivity contribution in [3.05, 3.63) is 24.3 Å². The van der Waals surface area contributed by atoms with E-state index >= 15 is 0 Å². The summed E-state index contributed by atoms with van der Waals surface area (Å²) in [4.78, 5) is 26.0. The third kappa shape index (κ3) is 3.95. The number of carbonyl (C=O) groups excluding carboxylic acids is 2. The molecule has 3 atom stereocenters. The van der Waals surface area contributed by atoms with E-state index in [4.69, 9.17) is 9.47 Å². The molecule has 1 aromatic rings. The summed E-state index contributed by atoms with van der Waals surface area (Å²) >= 11 is 0. The van der Waals surface area contributed by atoms with Gasteiger partial charge in [0, 0.05) is 0 Å². The summed E-state index contributed by atoms with van der Waals surface area (Å²) in [5.74, 6) is 0.743. The molecule has 1 N–H and O–H groups in total. The number of benzene rings is 1. The second-order valence-electron chi connectivity index (χ2n) is 6.65. The van der Waals surface area contributed by atoms with Crippen molar-refractivity contribution in [2.75, 3.05) is 19.8 Å². The van der Waals surface area contributed by atoms with Gasteiger partial charge in [-0.05, 0) is 44.0 Å². The average molecular weight is 347 g/mol. The number of hydrogen-bond acceptors (Lipinski definition) is 5. The summed E-state index contributed by atoms with van der Waals surface area (Å²) in [6, 6.07) is 7.11. The Labute approximate surface area is 147 Å². The highest BCUT2D eigenvalue weighted by Gasteiger charge is 2.48. The molecule has 0 unspecified atom stereocenters. The molecule has 2 amide bonds. The van der Waals surface area contributed by atoms with Gasteiger partial charge in [-0.2, -0.15) is 0 Å². The van der Waals surface area contributed by atoms with Gasteiger partial charge in [0.2, 0.25) is 11.8 Å². The Hall–Kier alpha value is -2.08. The maximum Gasteiger partial charge on any atom is 0.233 e. The van der Waals surface area contributed by atoms with Crippen LogP contribution in [0, 0.1) is 11.8 Å². The van der Waals surface area contributed by atoms with Crippen LogP contribution in [0.5, 0.6) is 11.5 Å². The molecule has 6 heteroatoms. The zero-order valence-corrected chi connectivity index (χ0v) is 14.5. The van der Waals surface area contributed by atoms with Crippen molar-refractivity contribution >= 4 is 11.8 Å². The topological polar surface area (TPSA) is 76.1 Å². The smallest absolute Gasteiger partial charge is 0.233 e. The minimum absolute atomic E-state index is 0.00168. The van der Waals surface area contributed by atoms with Crippen LogP contribution < -0.4 is 9.47 Å². The van der Waals surface area contributed by atoms with Gasteiger partial charge in [0.1, 0.15) is 24.2 Å². The van der Waals surface area contributed by atoms with Gasteiger partial charge in [0.15, 0.2) is 0 Å². The maximum absolute atomic E-state index is 12.4. The molecular weight excluding hydrogens is 322 g/mol. The molecule has 0 spiro atoms. The molecule has 1 aliphatic heterocycles. The summed E-state index contributed by atoms with van der Waals surface area (Å²) in [7, 11) is 0. The van der Waals surface area contributed by atoms with Gasteiger partial charge in [0.25, 0.3) is 0 Å². The van der Waals surface area contributed by atoms with Crippen molar-refractivity contribution in [3.63, 3.8) is 0 Å². The SMILES string of the molecule is CCOc1ccc(OC[C@@H](O)CN2C(=O)[C@H]3CCCC[C@H]3C2=O)cc1. The van der Waals surface area contributed by atoms with E-state index in [0.717, 1.165) is 31.4 Å². The normalized spacial score (nSPS) is 24.2. The molecule has 6 nitrogen and oxygen atoms in total. The minimum atomic E-state index is -0.903. The van der Waals surface area contributed by atoms with E-state index in [1.54, 1.807) is 24.3 Å². The monoisotopic (exact) mass is 347 g/mol. The lowest BCUT2D eigenvalue weighted by Crippen LogP contribution is -2.40. The third-order valence-corrected chi connectivity index (χ3v) is 4.90. The van der Waals surface area contributed by atoms with Crippen molar-refractivity contribution in [2.45, 2.75) is 38.7 Å². The number of amides is 2. The molecule has 1 heterocycles. The molecule has 1 aromatic carbocycles. The van der Waals surface area contributed by atoms with Crippen LogP contribution in [0.3, 0.4) is 0 Å². The molecule has 0 bridgehead atoms. The Morgan fingerprint density at radius 1 is 1.04 bits per heavy atom. The largest absolute Gasteiger partial charge is 0.494 e. The number of imide groups is 1. The van der Waals surface area contributed by atoms with E-state index in [0.29, 0.717) is 12.4 Å². The molecule has 2 fully saturated rings. The fourth-order valence-corrected chi connectivity index (χ4v) is 3.67. The number of hydrogen-bond donors (Lipinski definition) is 1. The summed E-state index contributed by atoms with van der Waals surface area (Å²) in [5.41, 5.74) is 0. The molecule has 2 aliphatic rings. The number of carbonyl (C=O) groups is 2. The number of aliphatic hydroxyl groups excluding tert-OH is 1. The molecule has 0 radical (unpaired) electrons. The summed E-state index contributed by atoms with van der Waals surface area (Å²) in [5, 5.41) is 10.2. The Morgan fingerprint density at radius 3 is 2.08 bits per heavy atom. The van der Waals surface area contributed by atoms with Crippen LogP contribution in [0.25, 0.3) is 0 Å². The van der Waals surface area contributed by atoms with Crippen LogP contribution in [0.15, 0.2) is 24.3 Å². The first-order chi connectivity index (χ1) is 12.1. The van der Waals surface area contributed by atoms with Crippen LogP contribution >= 0.6 is 0 Å². The van der Waals surface area contributed by atoms with E-state index in [-0.39, 0.29) is 36.8 Å². The first-order valence-electron chi connectivity index (χ1n) is 8.99. The van der Waals surface area contributed by atoms with Gasteiger partial charge in [-0.1, -0.05) is 12.8 Å². The highest BCUT2D eigenvalue weighted by Crippen LogP contribution is 2.38. The van der Waals surface area contributed by atoms with Crippen LogP contribution in [0.2, 0.25) is 0 Å². The van der Waals surface area contributed by atoms with Crippen molar-refractivity contribution in [1.82, 2.24) is 4.90 Å². The minimum Gasteiger partial charge on any atom is -0.494 e. The van der Waals surface area contributed by atoms with Crippen LogP contribution in [-0.4, -0.2) is 47.7 Å². The van der Waals surface area contributed by atoms with Gasteiger partial charge in [-0.15, -0.1) is 0 Å². The predicted octanol–water partition coefficient (Wildman–Crippen LogP) is 2.00. The number of fused-ring (bicyclic) bond motifs is 1. The molecule has 1 aliphatic carbocycles. The number of β-amino-alcohol motifs (C(OH)–C–C–N with tert-alkyl or cyclic N) is 1. The van der Waals surface area contributed by atoms with Gasteiger partial charge in [-0.25, -0.2) is 0 Å². The first kappa shape index (κ1) is 17.7. The van der Waals surface area contributed by atoms with E-state index in [9.17, 15) is 14.7 Å². The van der Waals surface area contributed by atoms with Gasteiger partial charge >= 0.3 is 0 Å². The van der Waals surface area contributed by atoms with Crippen LogP contribution in [-0.2, 0) is 9.59 Å². The van der Waals surface area contributed by atoms with Gasteiger partial charge in [0.05, 0.1) is 25.0 Å². The molecule has 1 saturated carbocycles. The first-order valence-corrected chi connectivity index (χ1v) is 8.99. The van der Waals surface area contributed by atoms with Crippen molar-refractivity contribution in [2.24, 2.45) is 11.8 Å². The number of nitrogens with zero attached hydrogens (tertiary/aromatic N) is 1. The lowest BCUT2D eigenvalue weighted by Gasteiger charge is -2.19. The molecular formula is C19H25NO5. The predicted molar refractivity (Wildman–Crippen MR) is 91.3 cm³/mol. The zero-order chi connectivity index (χ0) is 17.8. The summed E-state index contributed by atoms with van der Waals surface area (Å²) in [6.07, 6.45) is 2.66. The van der Waals surface area contributed by atoms with Crippen molar-refractivity contribution in [1.29, 1.82) is 0 Å². The van der Waals surface area contributed by atoms with Crippen LogP contribution in [0.1, 0.15) is 32.6 Å². The maximum atomic E-state index is 12.4. The van der Waals surface area contributed by atoms with E-state index in [1.807, 2.05) is 6.92 Å². The van der Waals surface area contributed by atoms with E-state index in [1.165, 1.54) is 4.90 Å². The second kappa shape index (κ2) is 7.87. The Balaban J connectivity index is 1.51. The number of rotatable bonds is 7. The highest BCUT2D eigenvalue weighted by molar-refractivity contribution is 6.05. The lowest BCUT2D eigenvalue weighted by atomic mass is 9.81. The molecule has 25 heavy (non-hydrogen) atoms. The zero-order valence-electron chi connectivity index (χ0n) is 14.5. The third-order valence-electron chi connectivity index (χ3n) is 4.90. The average Bonchev–Trinajstić information content (AvgIpc) is 2.87. The van der Waals surface area contributed by atoms with E-state index in [2.05, 4.69) is 0 Å². The van der Waals surface area contributed by atoms with E-state index < -0.39 is 6.10 Å². The standard InChI is InChI=1S/C19H25NO5/c1-2-24-14-7-9-15(10-8-14)25-12-13(21)11-20-18(22)16-5-3-4-6-17(16)19(20)23/h7-10,13,16-17,21H,2-6,11-12H2,1H3/t13-,16-,17+/m0/s1. The Kier molecular flexibility index (Phi) is 5.58. The van der Waals surface area contributed by atoms with Gasteiger partial charge < -0.3 is 14.6 Å². The molecule has 136 valence electrons. The fourth-order valence-electron chi connectivity index (χ4n) is 3.67. The molecule has 1 saturated heterocycles. The van der Waals surface area contributed by atoms with Crippen molar-refractivity contribution in [3.8, 4) is 11.5 Å². The second-order valence-corrected chi connectivity index (χ2v) is 6.65. The lowest BCUT2D eigenvalue weighted by molar-refractivity contribution is -0.141. The molecule has 0 aromatic heterocycles. The van der Waals surface area contributed by atoms with Crippen LogP contribution in [0.4, 0.5) is 0 Å². The number of likely N-dealkylation sites (tertiary alicyclic amines) is 1. The summed E-state index contributed by atoms with van der Waals surface area (Å²) in [6.45, 7) is 2.54. The highest BCUT2D eigenvalue weighted by atomic mass is 16.5. The summed E-state index contributed by atoms with van der Waals surface area (Å²) < 4.78 is 10.9. The quantitative estimate of drug-likeness (QED) is 0.764. The Bertz CT molecular complexity index is 591. The number of ether oxygens (including phenoxy) is 2. The van der Waals surface area contributed by atoms with Gasteiger partial charge in [-0.3, -0.25) is 14.5 Å².